The lowest BCUT2D eigenvalue weighted by molar-refractivity contribution is 0.298. The maximum absolute atomic E-state index is 13.3. The Kier molecular flexibility index (Phi) is 6.69. The summed E-state index contributed by atoms with van der Waals surface area (Å²) in [4.78, 5) is 31.5. The Balaban J connectivity index is 1.72. The molecule has 4 heterocycles. The molecule has 0 aliphatic heterocycles. The van der Waals surface area contributed by atoms with Crippen LogP contribution in [0.2, 0.25) is 0 Å². The van der Waals surface area contributed by atoms with Gasteiger partial charge in [-0.05, 0) is 54.4 Å². The van der Waals surface area contributed by atoms with Crippen LogP contribution in [0.1, 0.15) is 48.6 Å². The summed E-state index contributed by atoms with van der Waals surface area (Å²) in [6.45, 7) is 12.3. The molecule has 0 aliphatic carbocycles. The maximum atomic E-state index is 13.3. The van der Waals surface area contributed by atoms with Gasteiger partial charge in [0.2, 0.25) is 0 Å². The number of aryl methyl sites for hydroxylation is 3. The van der Waals surface area contributed by atoms with E-state index in [-0.39, 0.29) is 11.0 Å². The first kappa shape index (κ1) is 24.2. The Morgan fingerprint density at radius 2 is 1.88 bits per heavy atom. The van der Waals surface area contributed by atoms with E-state index in [0.29, 0.717) is 28.2 Å². The maximum Gasteiger partial charge on any atom is 0.273 e. The average Bonchev–Trinajstić information content (AvgIpc) is 3.20. The monoisotopic (exact) mass is 539 g/mol. The number of ether oxygens (including phenoxy) is 1. The minimum absolute atomic E-state index is 0.189. The van der Waals surface area contributed by atoms with Gasteiger partial charge in [0, 0.05) is 34.9 Å². The first-order valence-electron chi connectivity index (χ1n) is 10.8. The third-order valence-electron chi connectivity index (χ3n) is 5.23. The number of aromatic nitrogens is 5. The smallest absolute Gasteiger partial charge is 0.273 e. The van der Waals surface area contributed by atoms with E-state index in [1.165, 1.54) is 0 Å². The zero-order valence-electron chi connectivity index (χ0n) is 20.0. The minimum Gasteiger partial charge on any atom is -0.486 e. The molecule has 4 aromatic heterocycles. The lowest BCUT2D eigenvalue weighted by atomic mass is 9.95. The van der Waals surface area contributed by atoms with Crippen molar-refractivity contribution in [1.29, 1.82) is 0 Å². The standard InChI is InChI=1S/C25H26BrN5O2S/c1-14-11-28-24(25(4,5)6)30-22(14)19-10-18(7-8-27-19)31-15(2)9-20(21(26)23(31)32)33-12-17-13-34-16(3)29-17/h7-11,13H,12H2,1-6H3. The second-order valence-corrected chi connectivity index (χ2v) is 11.0. The van der Waals surface area contributed by atoms with Gasteiger partial charge in [-0.15, -0.1) is 11.3 Å². The van der Waals surface area contributed by atoms with Crippen LogP contribution in [0.4, 0.5) is 0 Å². The highest BCUT2D eigenvalue weighted by Crippen LogP contribution is 2.28. The van der Waals surface area contributed by atoms with E-state index in [4.69, 9.17) is 9.72 Å². The minimum atomic E-state index is -0.212. The lowest BCUT2D eigenvalue weighted by Crippen LogP contribution is -2.22. The van der Waals surface area contributed by atoms with Crippen molar-refractivity contribution in [2.24, 2.45) is 0 Å². The molecule has 0 N–H and O–H groups in total. The molecule has 0 aromatic carbocycles. The number of nitrogens with zero attached hydrogens (tertiary/aromatic N) is 5. The van der Waals surface area contributed by atoms with Crippen molar-refractivity contribution in [3.63, 3.8) is 0 Å². The van der Waals surface area contributed by atoms with Crippen LogP contribution in [0.5, 0.6) is 5.75 Å². The van der Waals surface area contributed by atoms with E-state index < -0.39 is 0 Å². The van der Waals surface area contributed by atoms with Crippen LogP contribution in [0.15, 0.2) is 45.2 Å². The molecule has 0 fully saturated rings. The molecule has 7 nitrogen and oxygen atoms in total. The Morgan fingerprint density at radius 1 is 1.12 bits per heavy atom. The van der Waals surface area contributed by atoms with Crippen LogP contribution in [0.25, 0.3) is 17.1 Å². The summed E-state index contributed by atoms with van der Waals surface area (Å²) in [5, 5.41) is 2.93. The Bertz CT molecular complexity index is 1420. The number of halogens is 1. The molecule has 9 heteroatoms. The van der Waals surface area contributed by atoms with Crippen LogP contribution >= 0.6 is 27.3 Å². The SMILES string of the molecule is Cc1nc(COc2cc(C)n(-c3ccnc(-c4nc(C(C)(C)C)ncc4C)c3)c(=O)c2Br)cs1. The second-order valence-electron chi connectivity index (χ2n) is 9.13. The molecule has 0 bridgehead atoms. The first-order valence-corrected chi connectivity index (χ1v) is 12.5. The molecule has 34 heavy (non-hydrogen) atoms. The van der Waals surface area contributed by atoms with Crippen molar-refractivity contribution >= 4 is 27.3 Å². The van der Waals surface area contributed by atoms with Crippen molar-refractivity contribution in [1.82, 2.24) is 24.5 Å². The summed E-state index contributed by atoms with van der Waals surface area (Å²) in [7, 11) is 0. The number of pyridine rings is 2. The van der Waals surface area contributed by atoms with Gasteiger partial charge in [0.25, 0.3) is 5.56 Å². The molecule has 0 radical (unpaired) electrons. The fourth-order valence-corrected chi connectivity index (χ4v) is 4.49. The summed E-state index contributed by atoms with van der Waals surface area (Å²) in [6.07, 6.45) is 3.51. The molecule has 0 atom stereocenters. The molecule has 0 aliphatic rings. The van der Waals surface area contributed by atoms with Gasteiger partial charge in [0.05, 0.1) is 27.8 Å². The third-order valence-corrected chi connectivity index (χ3v) is 6.78. The normalized spacial score (nSPS) is 11.6. The van der Waals surface area contributed by atoms with Gasteiger partial charge < -0.3 is 4.74 Å². The van der Waals surface area contributed by atoms with E-state index in [0.717, 1.165) is 33.5 Å². The fourth-order valence-electron chi connectivity index (χ4n) is 3.48. The topological polar surface area (TPSA) is 82.8 Å². The van der Waals surface area contributed by atoms with Gasteiger partial charge in [0.1, 0.15) is 22.7 Å². The van der Waals surface area contributed by atoms with Crippen molar-refractivity contribution in [2.45, 2.75) is 53.6 Å². The summed E-state index contributed by atoms with van der Waals surface area (Å²) in [5.74, 6) is 1.23. The molecule has 0 amide bonds. The Morgan fingerprint density at radius 3 is 2.56 bits per heavy atom. The van der Waals surface area contributed by atoms with Crippen LogP contribution in [-0.2, 0) is 12.0 Å². The molecule has 0 unspecified atom stereocenters. The average molecular weight is 540 g/mol. The zero-order valence-corrected chi connectivity index (χ0v) is 22.4. The van der Waals surface area contributed by atoms with E-state index in [1.54, 1.807) is 22.1 Å². The summed E-state index contributed by atoms with van der Waals surface area (Å²) >= 11 is 5.00. The van der Waals surface area contributed by atoms with Crippen LogP contribution in [-0.4, -0.2) is 24.5 Å². The first-order chi connectivity index (χ1) is 16.0. The summed E-state index contributed by atoms with van der Waals surface area (Å²) in [6, 6.07) is 5.53. The van der Waals surface area contributed by atoms with Crippen LogP contribution in [0.3, 0.4) is 0 Å². The molecule has 176 valence electrons. The number of hydrogen-bond donors (Lipinski definition) is 0. The van der Waals surface area contributed by atoms with Crippen molar-refractivity contribution < 1.29 is 4.74 Å². The predicted octanol–water partition coefficient (Wildman–Crippen LogP) is 5.71. The van der Waals surface area contributed by atoms with Gasteiger partial charge in [-0.2, -0.15) is 0 Å². The van der Waals surface area contributed by atoms with Gasteiger partial charge >= 0.3 is 0 Å². The van der Waals surface area contributed by atoms with E-state index in [9.17, 15) is 4.79 Å². The number of rotatable bonds is 5. The van der Waals surface area contributed by atoms with Crippen molar-refractivity contribution in [3.8, 4) is 22.8 Å². The molecule has 0 saturated carbocycles. The predicted molar refractivity (Wildman–Crippen MR) is 138 cm³/mol. The van der Waals surface area contributed by atoms with Gasteiger partial charge in [-0.1, -0.05) is 20.8 Å². The fraction of sp³-hybridized carbons (Fsp3) is 0.320. The molecule has 4 aromatic rings. The van der Waals surface area contributed by atoms with Gasteiger partial charge in [0.15, 0.2) is 0 Å². The third kappa shape index (κ3) is 4.95. The zero-order chi connectivity index (χ0) is 24.6. The molecule has 0 saturated heterocycles. The highest BCUT2D eigenvalue weighted by Gasteiger charge is 2.20. The second kappa shape index (κ2) is 9.38. The highest BCUT2D eigenvalue weighted by molar-refractivity contribution is 9.10. The largest absolute Gasteiger partial charge is 0.486 e. The Labute approximate surface area is 211 Å². The quantitative estimate of drug-likeness (QED) is 0.323. The Hall–Kier alpha value is -2.91. The van der Waals surface area contributed by atoms with E-state index in [1.807, 2.05) is 50.5 Å². The van der Waals surface area contributed by atoms with Gasteiger partial charge in [-0.25, -0.2) is 15.0 Å². The van der Waals surface area contributed by atoms with E-state index in [2.05, 4.69) is 51.7 Å². The highest BCUT2D eigenvalue weighted by atomic mass is 79.9. The molecule has 4 rings (SSSR count). The molecule has 0 spiro atoms. The van der Waals surface area contributed by atoms with Crippen LogP contribution < -0.4 is 10.3 Å². The summed E-state index contributed by atoms with van der Waals surface area (Å²) < 4.78 is 7.89. The number of hydrogen-bond acceptors (Lipinski definition) is 7. The van der Waals surface area contributed by atoms with Crippen molar-refractivity contribution in [2.75, 3.05) is 0 Å². The number of thiazole rings is 1. The molecular formula is C25H26BrN5O2S. The van der Waals surface area contributed by atoms with Crippen molar-refractivity contribution in [3.05, 3.63) is 78.6 Å². The lowest BCUT2D eigenvalue weighted by Gasteiger charge is -2.18. The summed E-state index contributed by atoms with van der Waals surface area (Å²) in [5.41, 5.74) is 4.24. The van der Waals surface area contributed by atoms with E-state index >= 15 is 0 Å². The van der Waals surface area contributed by atoms with Gasteiger partial charge in [-0.3, -0.25) is 14.3 Å². The molecular weight excluding hydrogens is 514 g/mol. The van der Waals surface area contributed by atoms with Crippen LogP contribution in [0, 0.1) is 20.8 Å².